The van der Waals surface area contributed by atoms with Crippen molar-refractivity contribution in [3.05, 3.63) is 65.2 Å². The molecule has 0 spiro atoms. The molecule has 18 heavy (non-hydrogen) atoms. The van der Waals surface area contributed by atoms with Gasteiger partial charge in [-0.2, -0.15) is 0 Å². The number of rotatable bonds is 4. The van der Waals surface area contributed by atoms with Gasteiger partial charge < -0.3 is 9.73 Å². The number of aryl methyl sites for hydroxylation is 1. The third-order valence-electron chi connectivity index (χ3n) is 2.43. The van der Waals surface area contributed by atoms with Gasteiger partial charge in [-0.3, -0.25) is 4.79 Å². The molecule has 1 aromatic carbocycles. The van der Waals surface area contributed by atoms with Crippen molar-refractivity contribution in [2.45, 2.75) is 6.92 Å². The van der Waals surface area contributed by atoms with E-state index in [0.717, 1.165) is 11.3 Å². The summed E-state index contributed by atoms with van der Waals surface area (Å²) in [6.45, 7) is 1.92. The molecule has 0 aliphatic rings. The van der Waals surface area contributed by atoms with Crippen molar-refractivity contribution in [3.8, 4) is 0 Å². The number of hydrogen-bond acceptors (Lipinski definition) is 3. The molecule has 0 atom stereocenters. The molecule has 0 unspecified atom stereocenters. The fourth-order valence-corrected chi connectivity index (χ4v) is 1.65. The van der Waals surface area contributed by atoms with Crippen LogP contribution < -0.4 is 5.32 Å². The largest absolute Gasteiger partial charge is 0.461 e. The first-order chi connectivity index (χ1) is 8.68. The number of allylic oxidation sites excluding steroid dienone is 1. The second kappa shape index (κ2) is 5.56. The van der Waals surface area contributed by atoms with Crippen molar-refractivity contribution >= 4 is 23.1 Å². The second-order valence-corrected chi connectivity index (χ2v) is 4.13. The van der Waals surface area contributed by atoms with E-state index in [-0.39, 0.29) is 5.78 Å². The number of ketones is 1. The van der Waals surface area contributed by atoms with Crippen LogP contribution >= 0.6 is 11.6 Å². The predicted octanol–water partition coefficient (Wildman–Crippen LogP) is 4.05. The lowest BCUT2D eigenvalue weighted by molar-refractivity contribution is 0.102. The number of hydrogen-bond donors (Lipinski definition) is 1. The molecule has 0 fully saturated rings. The number of carbonyl (C=O) groups excluding carboxylic acids is 1. The van der Waals surface area contributed by atoms with E-state index in [1.165, 1.54) is 12.3 Å². The van der Waals surface area contributed by atoms with Crippen LogP contribution in [0, 0.1) is 6.92 Å². The molecule has 1 heterocycles. The first kappa shape index (κ1) is 12.5. The molecule has 3 nitrogen and oxygen atoms in total. The highest BCUT2D eigenvalue weighted by atomic mass is 35.5. The molecular weight excluding hydrogens is 250 g/mol. The van der Waals surface area contributed by atoms with Crippen LogP contribution in [0.15, 0.2) is 53.3 Å². The Morgan fingerprint density at radius 3 is 2.89 bits per heavy atom. The number of benzene rings is 1. The van der Waals surface area contributed by atoms with Gasteiger partial charge >= 0.3 is 0 Å². The van der Waals surface area contributed by atoms with Gasteiger partial charge in [-0.1, -0.05) is 23.7 Å². The maximum atomic E-state index is 11.6. The van der Waals surface area contributed by atoms with Gasteiger partial charge in [0.2, 0.25) is 5.78 Å². The van der Waals surface area contributed by atoms with E-state index in [9.17, 15) is 4.79 Å². The van der Waals surface area contributed by atoms with E-state index in [0.29, 0.717) is 10.8 Å². The summed E-state index contributed by atoms with van der Waals surface area (Å²) in [6.07, 6.45) is 4.41. The molecule has 2 rings (SSSR count). The smallest absolute Gasteiger partial charge is 0.222 e. The Morgan fingerprint density at radius 2 is 2.17 bits per heavy atom. The van der Waals surface area contributed by atoms with Gasteiger partial charge in [0.05, 0.1) is 17.0 Å². The molecule has 0 saturated carbocycles. The third kappa shape index (κ3) is 2.81. The van der Waals surface area contributed by atoms with E-state index in [2.05, 4.69) is 5.32 Å². The van der Waals surface area contributed by atoms with Crippen LogP contribution in [0.1, 0.15) is 16.1 Å². The van der Waals surface area contributed by atoms with Crippen molar-refractivity contribution in [2.24, 2.45) is 0 Å². The van der Waals surface area contributed by atoms with E-state index >= 15 is 0 Å². The fraction of sp³-hybridized carbons (Fsp3) is 0.0714. The summed E-state index contributed by atoms with van der Waals surface area (Å²) in [5.74, 6) is 0.111. The van der Waals surface area contributed by atoms with E-state index in [1.807, 2.05) is 25.1 Å². The lowest BCUT2D eigenvalue weighted by atomic mass is 10.2. The van der Waals surface area contributed by atoms with Crippen LogP contribution in [0.5, 0.6) is 0 Å². The average Bonchev–Trinajstić information content (AvgIpc) is 2.88. The molecule has 92 valence electrons. The molecule has 0 saturated heterocycles. The number of furan rings is 1. The molecule has 0 radical (unpaired) electrons. The molecular formula is C14H12ClNO2. The topological polar surface area (TPSA) is 42.2 Å². The summed E-state index contributed by atoms with van der Waals surface area (Å²) >= 11 is 6.11. The Hall–Kier alpha value is -2.00. The monoisotopic (exact) mass is 261 g/mol. The molecule has 0 aliphatic heterocycles. The summed E-state index contributed by atoms with van der Waals surface area (Å²) in [6, 6.07) is 8.95. The maximum Gasteiger partial charge on any atom is 0.222 e. The third-order valence-corrected chi connectivity index (χ3v) is 2.93. The highest BCUT2D eigenvalue weighted by molar-refractivity contribution is 6.34. The molecule has 1 aromatic heterocycles. The molecule has 0 bridgehead atoms. The van der Waals surface area contributed by atoms with Crippen LogP contribution in [0.2, 0.25) is 5.02 Å². The van der Waals surface area contributed by atoms with Crippen LogP contribution in [0.25, 0.3) is 0 Å². The zero-order valence-electron chi connectivity index (χ0n) is 9.81. The van der Waals surface area contributed by atoms with Crippen LogP contribution in [0.3, 0.4) is 0 Å². The van der Waals surface area contributed by atoms with Gasteiger partial charge in [-0.15, -0.1) is 0 Å². The zero-order valence-corrected chi connectivity index (χ0v) is 10.6. The van der Waals surface area contributed by atoms with E-state index in [4.69, 9.17) is 16.0 Å². The Kier molecular flexibility index (Phi) is 3.85. The number of nitrogens with one attached hydrogen (secondary N) is 1. The Bertz CT molecular complexity index is 573. The average molecular weight is 262 g/mol. The number of anilines is 1. The van der Waals surface area contributed by atoms with Crippen molar-refractivity contribution in [1.29, 1.82) is 0 Å². The maximum absolute atomic E-state index is 11.6. The Balaban J connectivity index is 2.03. The van der Waals surface area contributed by atoms with Gasteiger partial charge in [0.25, 0.3) is 0 Å². The SMILES string of the molecule is Cc1cccc(N/C=C/C(=O)c2ccco2)c1Cl. The normalized spacial score (nSPS) is 10.8. The summed E-state index contributed by atoms with van der Waals surface area (Å²) in [5.41, 5.74) is 1.74. The summed E-state index contributed by atoms with van der Waals surface area (Å²) in [5, 5.41) is 3.62. The minimum Gasteiger partial charge on any atom is -0.461 e. The highest BCUT2D eigenvalue weighted by Gasteiger charge is 2.04. The van der Waals surface area contributed by atoms with E-state index < -0.39 is 0 Å². The van der Waals surface area contributed by atoms with Gasteiger partial charge in [-0.05, 0) is 30.7 Å². The number of carbonyl (C=O) groups is 1. The Morgan fingerprint density at radius 1 is 1.33 bits per heavy atom. The van der Waals surface area contributed by atoms with Crippen molar-refractivity contribution in [1.82, 2.24) is 0 Å². The van der Waals surface area contributed by atoms with Crippen LogP contribution in [0.4, 0.5) is 5.69 Å². The first-order valence-corrected chi connectivity index (χ1v) is 5.82. The van der Waals surface area contributed by atoms with Crippen molar-refractivity contribution in [2.75, 3.05) is 5.32 Å². The van der Waals surface area contributed by atoms with Crippen LogP contribution in [-0.4, -0.2) is 5.78 Å². The van der Waals surface area contributed by atoms with Gasteiger partial charge in [-0.25, -0.2) is 0 Å². The quantitative estimate of drug-likeness (QED) is 0.667. The van der Waals surface area contributed by atoms with Gasteiger partial charge in [0.15, 0.2) is 5.76 Å². The van der Waals surface area contributed by atoms with E-state index in [1.54, 1.807) is 18.3 Å². The first-order valence-electron chi connectivity index (χ1n) is 5.44. The minimum atomic E-state index is -0.198. The number of halogens is 1. The van der Waals surface area contributed by atoms with Gasteiger partial charge in [0.1, 0.15) is 0 Å². The lowest BCUT2D eigenvalue weighted by Gasteiger charge is -2.05. The van der Waals surface area contributed by atoms with Crippen LogP contribution in [-0.2, 0) is 0 Å². The molecule has 0 amide bonds. The zero-order chi connectivity index (χ0) is 13.0. The Labute approximate surface area is 110 Å². The summed E-state index contributed by atoms with van der Waals surface area (Å²) < 4.78 is 4.99. The molecule has 1 N–H and O–H groups in total. The predicted molar refractivity (Wildman–Crippen MR) is 72.0 cm³/mol. The highest BCUT2D eigenvalue weighted by Crippen LogP contribution is 2.24. The van der Waals surface area contributed by atoms with Crippen molar-refractivity contribution < 1.29 is 9.21 Å². The molecule has 2 aromatic rings. The van der Waals surface area contributed by atoms with Gasteiger partial charge in [0, 0.05) is 12.3 Å². The molecule has 4 heteroatoms. The summed E-state index contributed by atoms with van der Waals surface area (Å²) in [7, 11) is 0. The summed E-state index contributed by atoms with van der Waals surface area (Å²) in [4.78, 5) is 11.6. The minimum absolute atomic E-state index is 0.198. The fourth-order valence-electron chi connectivity index (χ4n) is 1.47. The second-order valence-electron chi connectivity index (χ2n) is 3.76. The lowest BCUT2D eigenvalue weighted by Crippen LogP contribution is -1.95. The molecule has 0 aliphatic carbocycles. The van der Waals surface area contributed by atoms with Crippen molar-refractivity contribution in [3.63, 3.8) is 0 Å². The standard InChI is InChI=1S/C14H12ClNO2/c1-10-4-2-5-11(14(10)15)16-8-7-12(17)13-6-3-9-18-13/h2-9,16H,1H3/b8-7+.